The Labute approximate surface area is 132 Å². The third-order valence-corrected chi connectivity index (χ3v) is 6.77. The zero-order chi connectivity index (χ0) is 14.7. The largest absolute Gasteiger partial charge is 0.155 e. The lowest BCUT2D eigenvalue weighted by Crippen LogP contribution is -2.08. The van der Waals surface area contributed by atoms with E-state index in [-0.39, 0.29) is 0 Å². The van der Waals surface area contributed by atoms with E-state index in [2.05, 4.69) is 32.5 Å². The Morgan fingerprint density at radius 3 is 2.15 bits per heavy atom. The third-order valence-electron chi connectivity index (χ3n) is 4.88. The second kappa shape index (κ2) is 11.0. The zero-order valence-corrected chi connectivity index (χ0v) is 15.2. The summed E-state index contributed by atoms with van der Waals surface area (Å²) in [6.45, 7) is 6.96. The number of thioether (sulfide) groups is 1. The molecule has 0 heterocycles. The summed E-state index contributed by atoms with van der Waals surface area (Å²) in [4.78, 5) is 0. The molecular weight excluding hydrogens is 260 g/mol. The van der Waals surface area contributed by atoms with Crippen LogP contribution in [-0.4, -0.2) is 10.5 Å². The van der Waals surface area contributed by atoms with Crippen LogP contribution in [0.25, 0.3) is 0 Å². The van der Waals surface area contributed by atoms with E-state index < -0.39 is 0 Å². The van der Waals surface area contributed by atoms with Crippen molar-refractivity contribution < 1.29 is 0 Å². The Morgan fingerprint density at radius 2 is 1.45 bits per heavy atom. The quantitative estimate of drug-likeness (QED) is 0.305. The zero-order valence-electron chi connectivity index (χ0n) is 14.4. The summed E-state index contributed by atoms with van der Waals surface area (Å²) >= 11 is 2.32. The van der Waals surface area contributed by atoms with E-state index in [0.717, 1.165) is 10.7 Å². The normalized spacial score (nSPS) is 25.1. The summed E-state index contributed by atoms with van der Waals surface area (Å²) in [6.07, 6.45) is 18.9. The van der Waals surface area contributed by atoms with Gasteiger partial charge in [-0.3, -0.25) is 0 Å². The molecule has 1 aliphatic rings. The van der Waals surface area contributed by atoms with E-state index in [1.54, 1.807) is 0 Å². The molecule has 0 aromatic rings. The lowest BCUT2D eigenvalue weighted by Gasteiger charge is -2.17. The first kappa shape index (κ1) is 18.4. The Bertz CT molecular complexity index is 226. The van der Waals surface area contributed by atoms with Crippen molar-refractivity contribution >= 4 is 11.8 Å². The van der Waals surface area contributed by atoms with Gasteiger partial charge >= 0.3 is 0 Å². The van der Waals surface area contributed by atoms with Crippen LogP contribution in [0.4, 0.5) is 0 Å². The SMILES string of the molecule is CCCCCCCC[C@@]1(SCCC)C[C@H]1CCCCC. The van der Waals surface area contributed by atoms with Gasteiger partial charge in [0, 0.05) is 4.75 Å². The standard InChI is InChI=1S/C19H38S/c1-4-7-9-10-11-13-15-19(20-16-6-3)17-18(19)14-12-8-5-2/h18H,4-17H2,1-3H3/t18-,19-/m1/s1. The lowest BCUT2D eigenvalue weighted by atomic mass is 10.0. The molecular formula is C19H38S. The van der Waals surface area contributed by atoms with Crippen molar-refractivity contribution in [3.05, 3.63) is 0 Å². The van der Waals surface area contributed by atoms with Gasteiger partial charge in [0.15, 0.2) is 0 Å². The Hall–Kier alpha value is 0.350. The number of hydrogen-bond donors (Lipinski definition) is 0. The van der Waals surface area contributed by atoms with Crippen LogP contribution in [0.5, 0.6) is 0 Å². The van der Waals surface area contributed by atoms with Gasteiger partial charge in [0.25, 0.3) is 0 Å². The molecule has 1 aliphatic carbocycles. The highest BCUT2D eigenvalue weighted by molar-refractivity contribution is 8.00. The minimum absolute atomic E-state index is 0.731. The van der Waals surface area contributed by atoms with E-state index in [1.165, 1.54) is 89.2 Å². The molecule has 2 atom stereocenters. The van der Waals surface area contributed by atoms with Gasteiger partial charge < -0.3 is 0 Å². The predicted molar refractivity (Wildman–Crippen MR) is 95.7 cm³/mol. The third kappa shape index (κ3) is 6.87. The van der Waals surface area contributed by atoms with Crippen LogP contribution < -0.4 is 0 Å². The van der Waals surface area contributed by atoms with Gasteiger partial charge in [-0.2, -0.15) is 11.8 Å². The summed E-state index contributed by atoms with van der Waals surface area (Å²) in [5.74, 6) is 2.46. The van der Waals surface area contributed by atoms with Crippen LogP contribution in [0.2, 0.25) is 0 Å². The van der Waals surface area contributed by atoms with Gasteiger partial charge in [-0.25, -0.2) is 0 Å². The molecule has 0 aromatic carbocycles. The van der Waals surface area contributed by atoms with Gasteiger partial charge in [0.1, 0.15) is 0 Å². The summed E-state index contributed by atoms with van der Waals surface area (Å²) in [6, 6.07) is 0. The summed E-state index contributed by atoms with van der Waals surface area (Å²) in [5.41, 5.74) is 0. The van der Waals surface area contributed by atoms with Crippen LogP contribution in [0.1, 0.15) is 104 Å². The van der Waals surface area contributed by atoms with Crippen molar-refractivity contribution in [3.63, 3.8) is 0 Å². The molecule has 120 valence electrons. The molecule has 20 heavy (non-hydrogen) atoms. The minimum Gasteiger partial charge on any atom is -0.155 e. The van der Waals surface area contributed by atoms with Crippen molar-refractivity contribution in [2.45, 2.75) is 109 Å². The van der Waals surface area contributed by atoms with Gasteiger partial charge in [-0.15, -0.1) is 0 Å². The van der Waals surface area contributed by atoms with Crippen molar-refractivity contribution in [2.24, 2.45) is 5.92 Å². The fourth-order valence-electron chi connectivity index (χ4n) is 3.43. The highest BCUT2D eigenvalue weighted by Gasteiger charge is 2.52. The van der Waals surface area contributed by atoms with Crippen molar-refractivity contribution in [2.75, 3.05) is 5.75 Å². The van der Waals surface area contributed by atoms with E-state index in [0.29, 0.717) is 0 Å². The fraction of sp³-hybridized carbons (Fsp3) is 1.00. The molecule has 0 radical (unpaired) electrons. The fourth-order valence-corrected chi connectivity index (χ4v) is 5.00. The maximum atomic E-state index is 2.33. The Kier molecular flexibility index (Phi) is 10.1. The average molecular weight is 299 g/mol. The molecule has 0 unspecified atom stereocenters. The summed E-state index contributed by atoms with van der Waals surface area (Å²) < 4.78 is 0.731. The lowest BCUT2D eigenvalue weighted by molar-refractivity contribution is 0.543. The maximum Gasteiger partial charge on any atom is 0.0191 e. The highest BCUT2D eigenvalue weighted by Crippen LogP contribution is 2.59. The average Bonchev–Trinajstić information content (AvgIpc) is 3.14. The van der Waals surface area contributed by atoms with Crippen LogP contribution in [0.15, 0.2) is 0 Å². The van der Waals surface area contributed by atoms with Gasteiger partial charge in [0.05, 0.1) is 0 Å². The molecule has 0 aliphatic heterocycles. The van der Waals surface area contributed by atoms with Crippen LogP contribution >= 0.6 is 11.8 Å². The molecule has 0 nitrogen and oxygen atoms in total. The maximum absolute atomic E-state index is 2.33. The molecule has 1 saturated carbocycles. The van der Waals surface area contributed by atoms with Gasteiger partial charge in [0.2, 0.25) is 0 Å². The predicted octanol–water partition coefficient (Wildman–Crippen LogP) is 7.22. The second-order valence-corrected chi connectivity index (χ2v) is 8.34. The highest BCUT2D eigenvalue weighted by atomic mass is 32.2. The summed E-state index contributed by atoms with van der Waals surface area (Å²) in [7, 11) is 0. The molecule has 1 rings (SSSR count). The number of unbranched alkanes of at least 4 members (excludes halogenated alkanes) is 7. The summed E-state index contributed by atoms with van der Waals surface area (Å²) in [5, 5.41) is 0. The monoisotopic (exact) mass is 298 g/mol. The Morgan fingerprint density at radius 1 is 0.800 bits per heavy atom. The molecule has 1 fully saturated rings. The first-order valence-corrected chi connectivity index (χ1v) is 10.4. The Balaban J connectivity index is 2.17. The van der Waals surface area contributed by atoms with E-state index in [1.807, 2.05) is 0 Å². The van der Waals surface area contributed by atoms with E-state index >= 15 is 0 Å². The smallest absolute Gasteiger partial charge is 0.0191 e. The number of hydrogen-bond acceptors (Lipinski definition) is 1. The minimum atomic E-state index is 0.731. The van der Waals surface area contributed by atoms with Gasteiger partial charge in [-0.1, -0.05) is 78.6 Å². The molecule has 1 heteroatoms. The number of rotatable bonds is 14. The van der Waals surface area contributed by atoms with Crippen molar-refractivity contribution in [3.8, 4) is 0 Å². The molecule has 0 bridgehead atoms. The topological polar surface area (TPSA) is 0 Å². The van der Waals surface area contributed by atoms with E-state index in [9.17, 15) is 0 Å². The van der Waals surface area contributed by atoms with Crippen molar-refractivity contribution in [1.82, 2.24) is 0 Å². The van der Waals surface area contributed by atoms with Crippen LogP contribution in [0.3, 0.4) is 0 Å². The van der Waals surface area contributed by atoms with Crippen LogP contribution in [-0.2, 0) is 0 Å². The second-order valence-electron chi connectivity index (χ2n) is 6.83. The molecule has 0 aromatic heterocycles. The van der Waals surface area contributed by atoms with Crippen LogP contribution in [0, 0.1) is 5.92 Å². The molecule has 0 N–H and O–H groups in total. The first-order chi connectivity index (χ1) is 9.79. The molecule has 0 amide bonds. The first-order valence-electron chi connectivity index (χ1n) is 9.43. The van der Waals surface area contributed by atoms with Gasteiger partial charge in [-0.05, 0) is 37.4 Å². The molecule has 0 saturated heterocycles. The van der Waals surface area contributed by atoms with E-state index in [4.69, 9.17) is 0 Å². The molecule has 0 spiro atoms. The van der Waals surface area contributed by atoms with Crippen molar-refractivity contribution in [1.29, 1.82) is 0 Å².